The summed E-state index contributed by atoms with van der Waals surface area (Å²) < 4.78 is 5.25. The summed E-state index contributed by atoms with van der Waals surface area (Å²) in [5.41, 5.74) is -0.568. The van der Waals surface area contributed by atoms with Gasteiger partial charge < -0.3 is 15.4 Å². The molecule has 0 saturated heterocycles. The van der Waals surface area contributed by atoms with Crippen LogP contribution in [-0.4, -0.2) is 30.2 Å². The minimum absolute atomic E-state index is 0.122. The van der Waals surface area contributed by atoms with E-state index in [2.05, 4.69) is 17.6 Å². The van der Waals surface area contributed by atoms with E-state index in [0.717, 1.165) is 12.8 Å². The molecule has 0 radical (unpaired) electrons. The van der Waals surface area contributed by atoms with Crippen LogP contribution in [0.3, 0.4) is 0 Å². The van der Waals surface area contributed by atoms with Crippen molar-refractivity contribution in [2.75, 3.05) is 6.54 Å². The number of hydrogen-bond donors (Lipinski definition) is 2. The van der Waals surface area contributed by atoms with E-state index < -0.39 is 17.7 Å². The molecule has 5 nitrogen and oxygen atoms in total. The predicted octanol–water partition coefficient (Wildman–Crippen LogP) is 4.40. The third-order valence-electron chi connectivity index (χ3n) is 3.54. The van der Waals surface area contributed by atoms with Crippen molar-refractivity contribution < 1.29 is 14.3 Å². The summed E-state index contributed by atoms with van der Waals surface area (Å²) in [6.07, 6.45) is 7.18. The quantitative estimate of drug-likeness (QED) is 0.547. The molecule has 0 rings (SSSR count). The van der Waals surface area contributed by atoms with Crippen LogP contribution in [-0.2, 0) is 9.53 Å². The summed E-state index contributed by atoms with van der Waals surface area (Å²) in [6, 6.07) is -0.542. The number of unbranched alkanes of at least 4 members (excludes halogenated alkanes) is 5. The third-order valence-corrected chi connectivity index (χ3v) is 3.54. The van der Waals surface area contributed by atoms with Gasteiger partial charge in [0.25, 0.3) is 0 Å². The van der Waals surface area contributed by atoms with Gasteiger partial charge in [0.1, 0.15) is 11.6 Å². The molecule has 1 unspecified atom stereocenters. The molecule has 0 aromatic heterocycles. The van der Waals surface area contributed by atoms with Crippen LogP contribution in [0.4, 0.5) is 4.79 Å². The second kappa shape index (κ2) is 12.2. The van der Waals surface area contributed by atoms with Crippen molar-refractivity contribution in [1.29, 1.82) is 0 Å². The number of nitrogens with one attached hydrogen (secondary N) is 2. The zero-order chi connectivity index (χ0) is 18.6. The molecular weight excluding hydrogens is 304 g/mol. The number of ether oxygens (including phenoxy) is 1. The fourth-order valence-corrected chi connectivity index (χ4v) is 2.39. The van der Waals surface area contributed by atoms with Crippen LogP contribution in [0.5, 0.6) is 0 Å². The highest BCUT2D eigenvalue weighted by Gasteiger charge is 2.24. The van der Waals surface area contributed by atoms with E-state index in [1.165, 1.54) is 25.7 Å². The zero-order valence-electron chi connectivity index (χ0n) is 16.5. The Morgan fingerprint density at radius 1 is 1.00 bits per heavy atom. The molecule has 0 saturated carbocycles. The summed E-state index contributed by atoms with van der Waals surface area (Å²) in [4.78, 5) is 24.3. The Bertz CT molecular complexity index is 362. The van der Waals surface area contributed by atoms with Crippen molar-refractivity contribution in [3.63, 3.8) is 0 Å². The maximum atomic E-state index is 12.3. The monoisotopic (exact) mass is 342 g/mol. The molecule has 24 heavy (non-hydrogen) atoms. The maximum absolute atomic E-state index is 12.3. The molecule has 0 heterocycles. The average molecular weight is 343 g/mol. The normalized spacial score (nSPS) is 12.8. The van der Waals surface area contributed by atoms with Crippen LogP contribution in [0.25, 0.3) is 0 Å². The van der Waals surface area contributed by atoms with Crippen LogP contribution in [0.15, 0.2) is 0 Å². The Kier molecular flexibility index (Phi) is 11.5. The van der Waals surface area contributed by atoms with Gasteiger partial charge in [0.05, 0.1) is 0 Å². The van der Waals surface area contributed by atoms with Crippen molar-refractivity contribution in [3.05, 3.63) is 0 Å². The van der Waals surface area contributed by atoms with E-state index >= 15 is 0 Å². The van der Waals surface area contributed by atoms with E-state index in [1.54, 1.807) is 0 Å². The Morgan fingerprint density at radius 2 is 1.58 bits per heavy atom. The average Bonchev–Trinajstić information content (AvgIpc) is 2.42. The number of rotatable bonds is 11. The second-order valence-corrected chi connectivity index (χ2v) is 7.89. The van der Waals surface area contributed by atoms with E-state index in [-0.39, 0.29) is 5.91 Å². The van der Waals surface area contributed by atoms with Gasteiger partial charge in [-0.15, -0.1) is 0 Å². The first kappa shape index (κ1) is 22.7. The molecule has 0 spiro atoms. The van der Waals surface area contributed by atoms with Crippen molar-refractivity contribution in [3.8, 4) is 0 Å². The van der Waals surface area contributed by atoms with Gasteiger partial charge in [-0.3, -0.25) is 4.79 Å². The van der Waals surface area contributed by atoms with E-state index in [0.29, 0.717) is 18.9 Å². The SMILES string of the molecule is CCCCCCCCNC(=O)C(CC(C)C)NC(=O)OC(C)(C)C. The van der Waals surface area contributed by atoms with Crippen LogP contribution < -0.4 is 10.6 Å². The van der Waals surface area contributed by atoms with Gasteiger partial charge >= 0.3 is 6.09 Å². The Labute approximate surface area is 148 Å². The van der Waals surface area contributed by atoms with Gasteiger partial charge in [-0.2, -0.15) is 0 Å². The predicted molar refractivity (Wildman–Crippen MR) is 99.0 cm³/mol. The highest BCUT2D eigenvalue weighted by molar-refractivity contribution is 5.85. The number of carbonyl (C=O) groups excluding carboxylic acids is 2. The van der Waals surface area contributed by atoms with Gasteiger partial charge in [-0.1, -0.05) is 52.9 Å². The summed E-state index contributed by atoms with van der Waals surface area (Å²) in [6.45, 7) is 12.4. The van der Waals surface area contributed by atoms with Crippen LogP contribution >= 0.6 is 0 Å². The molecule has 142 valence electrons. The van der Waals surface area contributed by atoms with Gasteiger partial charge in [0.15, 0.2) is 0 Å². The lowest BCUT2D eigenvalue weighted by Gasteiger charge is -2.24. The molecule has 2 amide bonds. The molecule has 5 heteroatoms. The fourth-order valence-electron chi connectivity index (χ4n) is 2.39. The maximum Gasteiger partial charge on any atom is 0.408 e. The molecule has 0 bridgehead atoms. The molecule has 2 N–H and O–H groups in total. The van der Waals surface area contributed by atoms with Crippen LogP contribution in [0, 0.1) is 5.92 Å². The van der Waals surface area contributed by atoms with Crippen molar-refractivity contribution in [2.24, 2.45) is 5.92 Å². The van der Waals surface area contributed by atoms with E-state index in [9.17, 15) is 9.59 Å². The third kappa shape index (κ3) is 13.2. The lowest BCUT2D eigenvalue weighted by atomic mass is 10.0. The summed E-state index contributed by atoms with van der Waals surface area (Å²) in [5, 5.41) is 5.64. The largest absolute Gasteiger partial charge is 0.444 e. The highest BCUT2D eigenvalue weighted by Crippen LogP contribution is 2.10. The van der Waals surface area contributed by atoms with Gasteiger partial charge in [-0.25, -0.2) is 4.79 Å². The smallest absolute Gasteiger partial charge is 0.408 e. The highest BCUT2D eigenvalue weighted by atomic mass is 16.6. The number of amides is 2. The molecule has 1 atom stereocenters. The molecule has 0 aromatic rings. The van der Waals surface area contributed by atoms with Crippen LogP contribution in [0.2, 0.25) is 0 Å². The lowest BCUT2D eigenvalue weighted by Crippen LogP contribution is -2.49. The van der Waals surface area contributed by atoms with Crippen molar-refractivity contribution >= 4 is 12.0 Å². The molecular formula is C19H38N2O3. The van der Waals surface area contributed by atoms with Gasteiger partial charge in [-0.05, 0) is 39.5 Å². The number of carbonyl (C=O) groups is 2. The van der Waals surface area contributed by atoms with Gasteiger partial charge in [0, 0.05) is 6.54 Å². The minimum Gasteiger partial charge on any atom is -0.444 e. The van der Waals surface area contributed by atoms with Gasteiger partial charge in [0.2, 0.25) is 5.91 Å². The minimum atomic E-state index is -0.568. The summed E-state index contributed by atoms with van der Waals surface area (Å²) in [5.74, 6) is 0.188. The summed E-state index contributed by atoms with van der Waals surface area (Å²) >= 11 is 0. The molecule has 0 aliphatic carbocycles. The van der Waals surface area contributed by atoms with Crippen molar-refractivity contribution in [1.82, 2.24) is 10.6 Å². The van der Waals surface area contributed by atoms with Crippen molar-refractivity contribution in [2.45, 2.75) is 98.1 Å². The summed E-state index contributed by atoms with van der Waals surface area (Å²) in [7, 11) is 0. The first-order valence-electron chi connectivity index (χ1n) is 9.43. The Balaban J connectivity index is 4.23. The number of hydrogen-bond acceptors (Lipinski definition) is 3. The number of alkyl carbamates (subject to hydrolysis) is 1. The van der Waals surface area contributed by atoms with E-state index in [1.807, 2.05) is 34.6 Å². The first-order valence-corrected chi connectivity index (χ1v) is 9.43. The standard InChI is InChI=1S/C19H38N2O3/c1-7-8-9-10-11-12-13-20-17(22)16(14-15(2)3)21-18(23)24-19(4,5)6/h15-16H,7-14H2,1-6H3,(H,20,22)(H,21,23). The Hall–Kier alpha value is -1.26. The fraction of sp³-hybridized carbons (Fsp3) is 0.895. The zero-order valence-corrected chi connectivity index (χ0v) is 16.5. The lowest BCUT2D eigenvalue weighted by molar-refractivity contribution is -0.123. The second-order valence-electron chi connectivity index (χ2n) is 7.89. The van der Waals surface area contributed by atoms with E-state index in [4.69, 9.17) is 4.74 Å². The molecule has 0 aromatic carbocycles. The topological polar surface area (TPSA) is 67.4 Å². The van der Waals surface area contributed by atoms with Crippen LogP contribution in [0.1, 0.15) is 86.5 Å². The first-order chi connectivity index (χ1) is 11.2. The molecule has 0 fully saturated rings. The Morgan fingerprint density at radius 3 is 2.12 bits per heavy atom. The molecule has 0 aliphatic heterocycles. The molecule has 0 aliphatic rings.